The van der Waals surface area contributed by atoms with Gasteiger partial charge in [0.15, 0.2) is 0 Å². The lowest BCUT2D eigenvalue weighted by Gasteiger charge is -2.11. The van der Waals surface area contributed by atoms with Gasteiger partial charge in [0.1, 0.15) is 0 Å². The molecule has 156 valence electrons. The molecule has 0 radical (unpaired) electrons. The zero-order valence-electron chi connectivity index (χ0n) is 18.5. The average molecular weight is 366 g/mol. The molecule has 0 saturated carbocycles. The van der Waals surface area contributed by atoms with Crippen molar-refractivity contribution < 1.29 is 0 Å². The first-order valence-electron chi connectivity index (χ1n) is 12.2. The molecule has 0 bridgehead atoms. The molecule has 1 nitrogen and oxygen atoms in total. The molecular weight excluding hydrogens is 314 g/mol. The normalized spacial score (nSPS) is 12.9. The first-order chi connectivity index (χ1) is 12.8. The molecule has 0 amide bonds. The first-order valence-corrected chi connectivity index (χ1v) is 12.2. The van der Waals surface area contributed by atoms with Crippen LogP contribution in [0.15, 0.2) is 12.2 Å². The zero-order valence-corrected chi connectivity index (χ0v) is 18.5. The maximum Gasteiger partial charge on any atom is 0.00388 e. The Morgan fingerprint density at radius 2 is 0.846 bits per heavy atom. The molecule has 0 rings (SSSR count). The summed E-state index contributed by atoms with van der Waals surface area (Å²) in [7, 11) is 0. The second-order valence-electron chi connectivity index (χ2n) is 8.34. The van der Waals surface area contributed by atoms with Crippen LogP contribution in [0.1, 0.15) is 142 Å². The monoisotopic (exact) mass is 365 g/mol. The molecule has 0 aromatic rings. The third kappa shape index (κ3) is 21.7. The molecule has 0 aliphatic carbocycles. The standard InChI is InChI=1S/C25H51N/c1-3-5-7-9-10-11-12-13-14-15-16-17-18-20-22-24-25(26)23-21-19-8-6-4-2/h13-14,25H,3-12,15-24,26H2,1-2H3. The Labute approximate surface area is 166 Å². The fourth-order valence-corrected chi connectivity index (χ4v) is 3.63. The predicted molar refractivity (Wildman–Crippen MR) is 121 cm³/mol. The van der Waals surface area contributed by atoms with Crippen LogP contribution in [-0.2, 0) is 0 Å². The van der Waals surface area contributed by atoms with Crippen LogP contribution in [0.3, 0.4) is 0 Å². The van der Waals surface area contributed by atoms with Crippen LogP contribution in [0.25, 0.3) is 0 Å². The molecule has 0 heterocycles. The third-order valence-corrected chi connectivity index (χ3v) is 5.52. The molecule has 26 heavy (non-hydrogen) atoms. The Balaban J connectivity index is 3.17. The van der Waals surface area contributed by atoms with Gasteiger partial charge in [0.25, 0.3) is 0 Å². The third-order valence-electron chi connectivity index (χ3n) is 5.52. The topological polar surface area (TPSA) is 26.0 Å². The SMILES string of the molecule is CCCCCCCCC=CCCCCCCCC(N)CCCCCCC. The minimum atomic E-state index is 0.460. The average Bonchev–Trinajstić information content (AvgIpc) is 2.64. The molecule has 0 fully saturated rings. The summed E-state index contributed by atoms with van der Waals surface area (Å²) in [6, 6.07) is 0.460. The van der Waals surface area contributed by atoms with Gasteiger partial charge in [0, 0.05) is 6.04 Å². The van der Waals surface area contributed by atoms with E-state index in [1.165, 1.54) is 128 Å². The summed E-state index contributed by atoms with van der Waals surface area (Å²) in [6.07, 6.45) is 32.1. The van der Waals surface area contributed by atoms with Crippen LogP contribution in [0.2, 0.25) is 0 Å². The second-order valence-corrected chi connectivity index (χ2v) is 8.34. The Morgan fingerprint density at radius 3 is 1.27 bits per heavy atom. The van der Waals surface area contributed by atoms with E-state index in [0.717, 1.165) is 0 Å². The highest BCUT2D eigenvalue weighted by Crippen LogP contribution is 2.13. The van der Waals surface area contributed by atoms with Gasteiger partial charge in [-0.05, 0) is 38.5 Å². The number of rotatable bonds is 21. The van der Waals surface area contributed by atoms with E-state index in [-0.39, 0.29) is 0 Å². The molecule has 0 saturated heterocycles. The van der Waals surface area contributed by atoms with Gasteiger partial charge in [0.05, 0.1) is 0 Å². The van der Waals surface area contributed by atoms with E-state index < -0.39 is 0 Å². The largest absolute Gasteiger partial charge is 0.328 e. The van der Waals surface area contributed by atoms with E-state index in [1.807, 2.05) is 0 Å². The minimum absolute atomic E-state index is 0.460. The van der Waals surface area contributed by atoms with Crippen LogP contribution < -0.4 is 5.73 Å². The van der Waals surface area contributed by atoms with Crippen molar-refractivity contribution in [3.05, 3.63) is 12.2 Å². The number of unbranched alkanes of at least 4 members (excludes halogenated alkanes) is 15. The van der Waals surface area contributed by atoms with Gasteiger partial charge in [-0.15, -0.1) is 0 Å². The first kappa shape index (κ1) is 25.7. The number of hydrogen-bond acceptors (Lipinski definition) is 1. The van der Waals surface area contributed by atoms with Gasteiger partial charge in [-0.1, -0.05) is 116 Å². The molecule has 0 aromatic carbocycles. The summed E-state index contributed by atoms with van der Waals surface area (Å²) in [4.78, 5) is 0. The quantitative estimate of drug-likeness (QED) is 0.160. The van der Waals surface area contributed by atoms with E-state index in [2.05, 4.69) is 26.0 Å². The van der Waals surface area contributed by atoms with Gasteiger partial charge in [-0.3, -0.25) is 0 Å². The molecule has 1 heteroatoms. The fourth-order valence-electron chi connectivity index (χ4n) is 3.63. The molecule has 1 unspecified atom stereocenters. The summed E-state index contributed by atoms with van der Waals surface area (Å²) in [6.45, 7) is 4.56. The van der Waals surface area contributed by atoms with E-state index >= 15 is 0 Å². The molecule has 1 atom stereocenters. The maximum atomic E-state index is 6.23. The highest BCUT2D eigenvalue weighted by atomic mass is 14.6. The van der Waals surface area contributed by atoms with Crippen molar-refractivity contribution in [2.75, 3.05) is 0 Å². The van der Waals surface area contributed by atoms with E-state index in [0.29, 0.717) is 6.04 Å². The van der Waals surface area contributed by atoms with Gasteiger partial charge >= 0.3 is 0 Å². The lowest BCUT2D eigenvalue weighted by molar-refractivity contribution is 0.486. The Kier molecular flexibility index (Phi) is 22.5. The molecule has 0 aliphatic rings. The highest BCUT2D eigenvalue weighted by molar-refractivity contribution is 4.81. The van der Waals surface area contributed by atoms with Gasteiger partial charge < -0.3 is 5.73 Å². The number of hydrogen-bond donors (Lipinski definition) is 1. The number of allylic oxidation sites excluding steroid dienone is 2. The van der Waals surface area contributed by atoms with Crippen molar-refractivity contribution in [2.45, 2.75) is 148 Å². The zero-order chi connectivity index (χ0) is 19.1. The van der Waals surface area contributed by atoms with Crippen molar-refractivity contribution >= 4 is 0 Å². The second kappa shape index (κ2) is 22.7. The van der Waals surface area contributed by atoms with E-state index in [1.54, 1.807) is 0 Å². The summed E-state index contributed by atoms with van der Waals surface area (Å²) >= 11 is 0. The van der Waals surface area contributed by atoms with Crippen LogP contribution in [0.4, 0.5) is 0 Å². The van der Waals surface area contributed by atoms with Crippen LogP contribution in [-0.4, -0.2) is 6.04 Å². The van der Waals surface area contributed by atoms with E-state index in [4.69, 9.17) is 5.73 Å². The van der Waals surface area contributed by atoms with Crippen molar-refractivity contribution in [3.63, 3.8) is 0 Å². The highest BCUT2D eigenvalue weighted by Gasteiger charge is 2.02. The molecule has 0 spiro atoms. The van der Waals surface area contributed by atoms with Gasteiger partial charge in [-0.25, -0.2) is 0 Å². The van der Waals surface area contributed by atoms with Crippen molar-refractivity contribution in [3.8, 4) is 0 Å². The maximum absolute atomic E-state index is 6.23. The summed E-state index contributed by atoms with van der Waals surface area (Å²) in [5, 5.41) is 0. The smallest absolute Gasteiger partial charge is 0.00388 e. The van der Waals surface area contributed by atoms with Gasteiger partial charge in [0.2, 0.25) is 0 Å². The van der Waals surface area contributed by atoms with Crippen molar-refractivity contribution in [1.29, 1.82) is 0 Å². The fraction of sp³-hybridized carbons (Fsp3) is 0.920. The minimum Gasteiger partial charge on any atom is -0.328 e. The van der Waals surface area contributed by atoms with Crippen molar-refractivity contribution in [2.24, 2.45) is 5.73 Å². The Morgan fingerprint density at radius 1 is 0.500 bits per heavy atom. The van der Waals surface area contributed by atoms with Crippen LogP contribution in [0, 0.1) is 0 Å². The summed E-state index contributed by atoms with van der Waals surface area (Å²) in [5.41, 5.74) is 6.23. The molecule has 0 aromatic heterocycles. The van der Waals surface area contributed by atoms with Crippen LogP contribution in [0.5, 0.6) is 0 Å². The molecular formula is C25H51N. The van der Waals surface area contributed by atoms with Crippen LogP contribution >= 0.6 is 0 Å². The van der Waals surface area contributed by atoms with E-state index in [9.17, 15) is 0 Å². The van der Waals surface area contributed by atoms with Crippen molar-refractivity contribution in [1.82, 2.24) is 0 Å². The summed E-state index contributed by atoms with van der Waals surface area (Å²) < 4.78 is 0. The Hall–Kier alpha value is -0.300. The lowest BCUT2D eigenvalue weighted by Crippen LogP contribution is -2.19. The van der Waals surface area contributed by atoms with Gasteiger partial charge in [-0.2, -0.15) is 0 Å². The molecule has 2 N–H and O–H groups in total. The Bertz CT molecular complexity index is 271. The number of nitrogens with two attached hydrogens (primary N) is 1. The predicted octanol–water partition coefficient (Wildman–Crippen LogP) is 8.71. The summed E-state index contributed by atoms with van der Waals surface area (Å²) in [5.74, 6) is 0. The molecule has 0 aliphatic heterocycles. The lowest BCUT2D eigenvalue weighted by atomic mass is 10.0.